The van der Waals surface area contributed by atoms with Crippen LogP contribution in [0.3, 0.4) is 0 Å². The van der Waals surface area contributed by atoms with Crippen LogP contribution in [-0.4, -0.2) is 35.4 Å². The van der Waals surface area contributed by atoms with Crippen molar-refractivity contribution in [1.29, 1.82) is 0 Å². The molecule has 0 aliphatic heterocycles. The van der Waals surface area contributed by atoms with Gasteiger partial charge in [0.05, 0.1) is 6.54 Å². The molecule has 0 aromatic rings. The molecule has 3 heteroatoms. The first-order valence-electron chi connectivity index (χ1n) is 6.00. The second-order valence-corrected chi connectivity index (χ2v) is 6.56. The molecule has 0 bridgehead atoms. The average Bonchev–Trinajstić information content (AvgIpc) is 2.09. The molecule has 0 amide bonds. The van der Waals surface area contributed by atoms with Crippen molar-refractivity contribution in [2.24, 2.45) is 11.1 Å². The van der Waals surface area contributed by atoms with Gasteiger partial charge in [-0.3, -0.25) is 9.69 Å². The zero-order chi connectivity index (χ0) is 13.1. The Morgan fingerprint density at radius 1 is 1.19 bits per heavy atom. The van der Waals surface area contributed by atoms with Crippen LogP contribution >= 0.6 is 0 Å². The number of rotatable bonds is 4. The molecule has 0 aromatic heterocycles. The Kier molecular flexibility index (Phi) is 5.15. The summed E-state index contributed by atoms with van der Waals surface area (Å²) in [6.45, 7) is 15.4. The monoisotopic (exact) mass is 228 g/mol. The zero-order valence-corrected chi connectivity index (χ0v) is 11.9. The first-order valence-corrected chi connectivity index (χ1v) is 6.00. The van der Waals surface area contributed by atoms with Crippen LogP contribution in [0.25, 0.3) is 0 Å². The number of hydrogen-bond acceptors (Lipinski definition) is 3. The highest BCUT2D eigenvalue weighted by Gasteiger charge is 2.31. The predicted octanol–water partition coefficient (Wildman–Crippen LogP) is 2.05. The van der Waals surface area contributed by atoms with Gasteiger partial charge in [0.2, 0.25) is 0 Å². The molecule has 96 valence electrons. The molecule has 0 saturated carbocycles. The second-order valence-electron chi connectivity index (χ2n) is 6.56. The van der Waals surface area contributed by atoms with E-state index in [-0.39, 0.29) is 22.8 Å². The lowest BCUT2D eigenvalue weighted by Gasteiger charge is -2.40. The summed E-state index contributed by atoms with van der Waals surface area (Å²) in [4.78, 5) is 14.2. The number of carbonyl (C=O) groups is 1. The molecule has 0 saturated heterocycles. The predicted molar refractivity (Wildman–Crippen MR) is 69.4 cm³/mol. The number of hydrogen-bond donors (Lipinski definition) is 1. The molecule has 3 nitrogen and oxygen atoms in total. The van der Waals surface area contributed by atoms with Crippen molar-refractivity contribution < 1.29 is 4.79 Å². The van der Waals surface area contributed by atoms with Crippen LogP contribution in [0.1, 0.15) is 48.5 Å². The van der Waals surface area contributed by atoms with E-state index in [1.807, 2.05) is 20.8 Å². The third-order valence-corrected chi connectivity index (χ3v) is 2.89. The summed E-state index contributed by atoms with van der Waals surface area (Å²) < 4.78 is 0. The molecule has 0 spiro atoms. The Balaban J connectivity index is 4.77. The van der Waals surface area contributed by atoms with Crippen molar-refractivity contribution in [2.75, 3.05) is 13.1 Å². The zero-order valence-electron chi connectivity index (χ0n) is 11.9. The maximum atomic E-state index is 12.1. The Hall–Kier alpha value is -0.410. The van der Waals surface area contributed by atoms with Gasteiger partial charge < -0.3 is 5.73 Å². The van der Waals surface area contributed by atoms with E-state index < -0.39 is 0 Å². The number of nitrogens with two attached hydrogens (primary N) is 1. The quantitative estimate of drug-likeness (QED) is 0.801. The van der Waals surface area contributed by atoms with E-state index in [9.17, 15) is 4.79 Å². The Morgan fingerprint density at radius 3 is 1.88 bits per heavy atom. The van der Waals surface area contributed by atoms with E-state index in [0.717, 1.165) is 0 Å². The van der Waals surface area contributed by atoms with E-state index in [1.165, 1.54) is 0 Å². The van der Waals surface area contributed by atoms with Crippen LogP contribution < -0.4 is 5.73 Å². The SMILES string of the molecule is C[C@@H](CN)N(CC(=O)C(C)(C)C)C(C)(C)C. The number of carbonyl (C=O) groups excluding carboxylic acids is 1. The summed E-state index contributed by atoms with van der Waals surface area (Å²) in [5.41, 5.74) is 5.39. The smallest absolute Gasteiger partial charge is 0.152 e. The molecule has 0 fully saturated rings. The van der Waals surface area contributed by atoms with Crippen molar-refractivity contribution in [3.8, 4) is 0 Å². The fraction of sp³-hybridized carbons (Fsp3) is 0.923. The Bertz CT molecular complexity index is 235. The molecule has 1 atom stereocenters. The minimum atomic E-state index is -0.280. The minimum absolute atomic E-state index is 0.0281. The molecule has 0 radical (unpaired) electrons. The summed E-state index contributed by atoms with van der Waals surface area (Å²) >= 11 is 0. The molecule has 0 unspecified atom stereocenters. The van der Waals surface area contributed by atoms with Gasteiger partial charge in [0.25, 0.3) is 0 Å². The third-order valence-electron chi connectivity index (χ3n) is 2.89. The summed E-state index contributed by atoms with van der Waals surface area (Å²) in [5.74, 6) is 0.266. The van der Waals surface area contributed by atoms with Crippen LogP contribution in [0, 0.1) is 5.41 Å². The molecular formula is C13H28N2O. The van der Waals surface area contributed by atoms with Gasteiger partial charge in [-0.1, -0.05) is 20.8 Å². The highest BCUT2D eigenvalue weighted by Crippen LogP contribution is 2.21. The van der Waals surface area contributed by atoms with Gasteiger partial charge in [0.15, 0.2) is 5.78 Å². The first kappa shape index (κ1) is 15.6. The Morgan fingerprint density at radius 2 is 1.62 bits per heavy atom. The number of Topliss-reactive ketones (excluding diaryl/α,β-unsaturated/α-hetero) is 1. The average molecular weight is 228 g/mol. The van der Waals surface area contributed by atoms with Crippen LogP contribution in [0.5, 0.6) is 0 Å². The van der Waals surface area contributed by atoms with Crippen LogP contribution in [0.15, 0.2) is 0 Å². The lowest BCUT2D eigenvalue weighted by atomic mass is 9.89. The highest BCUT2D eigenvalue weighted by molar-refractivity contribution is 5.85. The van der Waals surface area contributed by atoms with E-state index in [0.29, 0.717) is 13.1 Å². The van der Waals surface area contributed by atoms with E-state index >= 15 is 0 Å². The first-order chi connectivity index (χ1) is 7.00. The van der Waals surface area contributed by atoms with Gasteiger partial charge in [0.1, 0.15) is 0 Å². The molecule has 2 N–H and O–H groups in total. The lowest BCUT2D eigenvalue weighted by molar-refractivity contribution is -0.129. The van der Waals surface area contributed by atoms with Crippen LogP contribution in [-0.2, 0) is 4.79 Å². The summed E-state index contributed by atoms with van der Waals surface area (Å²) in [5, 5.41) is 0. The second kappa shape index (κ2) is 5.28. The maximum Gasteiger partial charge on any atom is 0.152 e. The fourth-order valence-corrected chi connectivity index (χ4v) is 1.57. The van der Waals surface area contributed by atoms with Crippen LogP contribution in [0.2, 0.25) is 0 Å². The summed E-state index contributed by atoms with van der Waals surface area (Å²) in [7, 11) is 0. The molecule has 16 heavy (non-hydrogen) atoms. The molecule has 0 aromatic carbocycles. The fourth-order valence-electron chi connectivity index (χ4n) is 1.57. The van der Waals surface area contributed by atoms with Crippen molar-refractivity contribution in [3.05, 3.63) is 0 Å². The standard InChI is InChI=1S/C13H28N2O/c1-10(8-14)15(13(5,6)7)9-11(16)12(2,3)4/h10H,8-9,14H2,1-7H3/t10-/m0/s1. The van der Waals surface area contributed by atoms with Crippen molar-refractivity contribution in [1.82, 2.24) is 4.90 Å². The van der Waals surface area contributed by atoms with Gasteiger partial charge in [0, 0.05) is 23.5 Å². The third kappa shape index (κ3) is 4.62. The topological polar surface area (TPSA) is 46.3 Å². The minimum Gasteiger partial charge on any atom is -0.329 e. The molecule has 0 rings (SSSR count). The number of ketones is 1. The maximum absolute atomic E-state index is 12.1. The molecular weight excluding hydrogens is 200 g/mol. The highest BCUT2D eigenvalue weighted by atomic mass is 16.1. The van der Waals surface area contributed by atoms with Gasteiger partial charge >= 0.3 is 0 Å². The molecule has 0 aliphatic carbocycles. The van der Waals surface area contributed by atoms with Crippen molar-refractivity contribution in [3.63, 3.8) is 0 Å². The van der Waals surface area contributed by atoms with Crippen molar-refractivity contribution >= 4 is 5.78 Å². The summed E-state index contributed by atoms with van der Waals surface area (Å²) in [6.07, 6.45) is 0. The normalized spacial score (nSPS) is 15.3. The van der Waals surface area contributed by atoms with Gasteiger partial charge in [-0.05, 0) is 27.7 Å². The largest absolute Gasteiger partial charge is 0.329 e. The molecule has 0 heterocycles. The lowest BCUT2D eigenvalue weighted by Crippen LogP contribution is -2.53. The van der Waals surface area contributed by atoms with E-state index in [2.05, 4.69) is 32.6 Å². The number of nitrogens with zero attached hydrogens (tertiary/aromatic N) is 1. The van der Waals surface area contributed by atoms with Gasteiger partial charge in [-0.15, -0.1) is 0 Å². The summed E-state index contributed by atoms with van der Waals surface area (Å²) in [6, 6.07) is 0.228. The van der Waals surface area contributed by atoms with Crippen LogP contribution in [0.4, 0.5) is 0 Å². The van der Waals surface area contributed by atoms with Gasteiger partial charge in [-0.2, -0.15) is 0 Å². The van der Waals surface area contributed by atoms with E-state index in [1.54, 1.807) is 0 Å². The van der Waals surface area contributed by atoms with Crippen molar-refractivity contribution in [2.45, 2.75) is 60.0 Å². The van der Waals surface area contributed by atoms with Gasteiger partial charge in [-0.25, -0.2) is 0 Å². The van der Waals surface area contributed by atoms with E-state index in [4.69, 9.17) is 5.73 Å². The molecule has 0 aliphatic rings. The Labute approximate surface area is 100 Å².